The van der Waals surface area contributed by atoms with Crippen LogP contribution in [0.3, 0.4) is 0 Å². The van der Waals surface area contributed by atoms with Crippen molar-refractivity contribution in [1.29, 1.82) is 0 Å². The molecule has 1 unspecified atom stereocenters. The van der Waals surface area contributed by atoms with Crippen molar-refractivity contribution in [3.8, 4) is 11.4 Å². The van der Waals surface area contributed by atoms with Crippen molar-refractivity contribution < 1.29 is 19.8 Å². The molecule has 1 aromatic heterocycles. The minimum Gasteiger partial charge on any atom is -0.507 e. The molecule has 0 aliphatic carbocycles. The summed E-state index contributed by atoms with van der Waals surface area (Å²) in [4.78, 5) is 30.3. The molecule has 3 rings (SSSR count). The minimum atomic E-state index is -1.09. The van der Waals surface area contributed by atoms with E-state index in [1.54, 1.807) is 36.3 Å². The number of phenols is 1. The van der Waals surface area contributed by atoms with Crippen LogP contribution in [0, 0.1) is 0 Å². The number of phenolic OH excluding ortho intramolecular Hbond substituents is 1. The van der Waals surface area contributed by atoms with Crippen LogP contribution in [0.15, 0.2) is 67.3 Å². The maximum Gasteiger partial charge on any atom is 0.326 e. The Hall–Kier alpha value is -3.61. The van der Waals surface area contributed by atoms with Crippen molar-refractivity contribution in [3.63, 3.8) is 0 Å². The maximum absolute atomic E-state index is 13.1. The maximum atomic E-state index is 13.1. The van der Waals surface area contributed by atoms with Gasteiger partial charge in [0.2, 0.25) is 0 Å². The topological polar surface area (TPSA) is 95.7 Å². The van der Waals surface area contributed by atoms with Crippen molar-refractivity contribution in [3.05, 3.63) is 78.4 Å². The number of imidazole rings is 1. The number of carboxylic acids is 1. The molecule has 1 amide bonds. The van der Waals surface area contributed by atoms with E-state index in [0.717, 1.165) is 5.56 Å². The van der Waals surface area contributed by atoms with Gasteiger partial charge in [0.25, 0.3) is 5.91 Å². The van der Waals surface area contributed by atoms with Gasteiger partial charge in [-0.15, -0.1) is 0 Å². The summed E-state index contributed by atoms with van der Waals surface area (Å²) >= 11 is 0. The van der Waals surface area contributed by atoms with Gasteiger partial charge >= 0.3 is 5.97 Å². The summed E-state index contributed by atoms with van der Waals surface area (Å²) in [5.74, 6) is -1.83. The summed E-state index contributed by atoms with van der Waals surface area (Å²) in [7, 11) is 0. The predicted molar refractivity (Wildman–Crippen MR) is 104 cm³/mol. The SMILES string of the molecule is CCN(C(=O)c1cc(-n2ccnc2)ccc1O)C(Cc1ccccc1)C(=O)O. The zero-order chi connectivity index (χ0) is 20.1. The number of carbonyl (C=O) groups excluding carboxylic acids is 1. The zero-order valence-corrected chi connectivity index (χ0v) is 15.4. The molecule has 0 bridgehead atoms. The fourth-order valence-corrected chi connectivity index (χ4v) is 3.10. The van der Waals surface area contributed by atoms with E-state index >= 15 is 0 Å². The standard InChI is InChI=1S/C21H21N3O4/c1-2-24(18(21(27)28)12-15-6-4-3-5-7-15)20(26)17-13-16(8-9-19(17)25)23-11-10-22-14-23/h3-11,13-14,18,25H,2,12H2,1H3,(H,27,28). The summed E-state index contributed by atoms with van der Waals surface area (Å²) in [5, 5.41) is 20.0. The van der Waals surface area contributed by atoms with Gasteiger partial charge in [-0.1, -0.05) is 30.3 Å². The van der Waals surface area contributed by atoms with E-state index in [9.17, 15) is 19.8 Å². The number of rotatable bonds is 7. The molecule has 0 saturated carbocycles. The number of aromatic hydroxyl groups is 1. The van der Waals surface area contributed by atoms with Gasteiger partial charge in [-0.25, -0.2) is 9.78 Å². The Morgan fingerprint density at radius 1 is 1.18 bits per heavy atom. The molecule has 0 saturated heterocycles. The molecule has 144 valence electrons. The fourth-order valence-electron chi connectivity index (χ4n) is 3.10. The Kier molecular flexibility index (Phi) is 5.74. The van der Waals surface area contributed by atoms with Gasteiger partial charge in [-0.05, 0) is 30.7 Å². The van der Waals surface area contributed by atoms with Crippen LogP contribution in [0.4, 0.5) is 0 Å². The number of nitrogens with zero attached hydrogens (tertiary/aromatic N) is 3. The molecule has 2 N–H and O–H groups in total. The highest BCUT2D eigenvalue weighted by atomic mass is 16.4. The van der Waals surface area contributed by atoms with E-state index in [1.807, 2.05) is 30.3 Å². The second kappa shape index (κ2) is 8.39. The summed E-state index contributed by atoms with van der Waals surface area (Å²) < 4.78 is 1.70. The molecule has 0 aliphatic rings. The Bertz CT molecular complexity index is 955. The van der Waals surface area contributed by atoms with Crippen LogP contribution in [0.2, 0.25) is 0 Å². The predicted octanol–water partition coefficient (Wildman–Crippen LogP) is 2.74. The Morgan fingerprint density at radius 3 is 2.54 bits per heavy atom. The van der Waals surface area contributed by atoms with Crippen LogP contribution in [-0.4, -0.2) is 49.1 Å². The van der Waals surface area contributed by atoms with E-state index in [-0.39, 0.29) is 24.3 Å². The van der Waals surface area contributed by atoms with Crippen LogP contribution in [0.1, 0.15) is 22.8 Å². The van der Waals surface area contributed by atoms with Gasteiger partial charge in [0.05, 0.1) is 11.9 Å². The van der Waals surface area contributed by atoms with E-state index in [1.165, 1.54) is 17.0 Å². The van der Waals surface area contributed by atoms with Gasteiger partial charge < -0.3 is 19.7 Å². The first-order valence-electron chi connectivity index (χ1n) is 8.90. The van der Waals surface area contributed by atoms with Gasteiger partial charge in [0.15, 0.2) is 0 Å². The molecular formula is C21H21N3O4. The minimum absolute atomic E-state index is 0.0485. The smallest absolute Gasteiger partial charge is 0.326 e. The summed E-state index contributed by atoms with van der Waals surface area (Å²) in [5.41, 5.74) is 1.51. The second-order valence-corrected chi connectivity index (χ2v) is 6.31. The number of hydrogen-bond donors (Lipinski definition) is 2. The first-order valence-corrected chi connectivity index (χ1v) is 8.90. The Balaban J connectivity index is 1.93. The van der Waals surface area contributed by atoms with Gasteiger partial charge in [0, 0.05) is 31.0 Å². The lowest BCUT2D eigenvalue weighted by molar-refractivity contribution is -0.142. The lowest BCUT2D eigenvalue weighted by Gasteiger charge is -2.28. The molecule has 7 heteroatoms. The normalized spacial score (nSPS) is 11.8. The molecule has 2 aromatic carbocycles. The number of amides is 1. The third-order valence-corrected chi connectivity index (χ3v) is 4.55. The second-order valence-electron chi connectivity index (χ2n) is 6.31. The van der Waals surface area contributed by atoms with Crippen LogP contribution >= 0.6 is 0 Å². The molecule has 0 aliphatic heterocycles. The van der Waals surface area contributed by atoms with Crippen LogP contribution in [0.25, 0.3) is 5.69 Å². The molecule has 3 aromatic rings. The molecule has 0 spiro atoms. The van der Waals surface area contributed by atoms with Crippen LogP contribution in [-0.2, 0) is 11.2 Å². The highest BCUT2D eigenvalue weighted by Crippen LogP contribution is 2.24. The van der Waals surface area contributed by atoms with Crippen molar-refractivity contribution in [2.24, 2.45) is 0 Å². The largest absolute Gasteiger partial charge is 0.507 e. The van der Waals surface area contributed by atoms with E-state index in [4.69, 9.17) is 0 Å². The third-order valence-electron chi connectivity index (χ3n) is 4.55. The highest BCUT2D eigenvalue weighted by Gasteiger charge is 2.30. The number of carbonyl (C=O) groups is 2. The molecule has 0 fully saturated rings. The lowest BCUT2D eigenvalue weighted by Crippen LogP contribution is -2.46. The fraction of sp³-hybridized carbons (Fsp3) is 0.190. The molecule has 1 atom stereocenters. The van der Waals surface area contributed by atoms with E-state index < -0.39 is 17.9 Å². The Labute approximate surface area is 162 Å². The van der Waals surface area contributed by atoms with Gasteiger partial charge in [-0.3, -0.25) is 4.79 Å². The zero-order valence-electron chi connectivity index (χ0n) is 15.4. The average molecular weight is 379 g/mol. The van der Waals surface area contributed by atoms with E-state index in [2.05, 4.69) is 4.98 Å². The number of aromatic nitrogens is 2. The summed E-state index contributed by atoms with van der Waals surface area (Å²) in [6, 6.07) is 12.7. The van der Waals surface area contributed by atoms with Crippen molar-refractivity contribution >= 4 is 11.9 Å². The molecule has 0 radical (unpaired) electrons. The van der Waals surface area contributed by atoms with Crippen LogP contribution < -0.4 is 0 Å². The number of aliphatic carboxylic acids is 1. The quantitative estimate of drug-likeness (QED) is 0.658. The number of hydrogen-bond acceptors (Lipinski definition) is 4. The average Bonchev–Trinajstić information content (AvgIpc) is 3.23. The number of carboxylic acid groups (broad SMARTS) is 1. The Morgan fingerprint density at radius 2 is 1.93 bits per heavy atom. The van der Waals surface area contributed by atoms with Crippen molar-refractivity contribution in [1.82, 2.24) is 14.5 Å². The number of benzene rings is 2. The molecule has 7 nitrogen and oxygen atoms in total. The summed E-state index contributed by atoms with van der Waals surface area (Å²) in [6.07, 6.45) is 5.08. The molecule has 1 heterocycles. The van der Waals surface area contributed by atoms with Gasteiger partial charge in [-0.2, -0.15) is 0 Å². The van der Waals surface area contributed by atoms with Gasteiger partial charge in [0.1, 0.15) is 11.8 Å². The first kappa shape index (κ1) is 19.2. The van der Waals surface area contributed by atoms with Crippen molar-refractivity contribution in [2.75, 3.05) is 6.54 Å². The van der Waals surface area contributed by atoms with Crippen LogP contribution in [0.5, 0.6) is 5.75 Å². The monoisotopic (exact) mass is 379 g/mol. The highest BCUT2D eigenvalue weighted by molar-refractivity contribution is 5.99. The molecule has 28 heavy (non-hydrogen) atoms. The van der Waals surface area contributed by atoms with Crippen molar-refractivity contribution in [2.45, 2.75) is 19.4 Å². The first-order chi connectivity index (χ1) is 13.5. The third kappa shape index (κ3) is 4.03. The lowest BCUT2D eigenvalue weighted by atomic mass is 10.0. The summed E-state index contributed by atoms with van der Waals surface area (Å²) in [6.45, 7) is 1.91. The number of likely N-dealkylation sites (N-methyl/N-ethyl adjacent to an activating group) is 1. The molecular weight excluding hydrogens is 358 g/mol. The van der Waals surface area contributed by atoms with E-state index in [0.29, 0.717) is 5.69 Å².